The number of rotatable bonds is 3. The highest BCUT2D eigenvalue weighted by Crippen LogP contribution is 2.47. The number of likely N-dealkylation sites (tertiary alicyclic amines) is 1. The van der Waals surface area contributed by atoms with Crippen molar-refractivity contribution in [2.24, 2.45) is 5.92 Å². The topological polar surface area (TPSA) is 53.7 Å². The molecule has 2 aliphatic rings. The molecule has 1 N–H and O–H groups in total. The van der Waals surface area contributed by atoms with E-state index in [0.717, 1.165) is 12.2 Å². The van der Waals surface area contributed by atoms with E-state index in [4.69, 9.17) is 4.42 Å². The van der Waals surface area contributed by atoms with E-state index in [-0.39, 0.29) is 19.0 Å². The zero-order valence-electron chi connectivity index (χ0n) is 13.3. The van der Waals surface area contributed by atoms with Crippen LogP contribution >= 0.6 is 0 Å². The van der Waals surface area contributed by atoms with Crippen LogP contribution in [-0.4, -0.2) is 40.8 Å². The Labute approximate surface area is 137 Å². The van der Waals surface area contributed by atoms with Crippen LogP contribution in [0.1, 0.15) is 43.6 Å². The Morgan fingerprint density at radius 1 is 1.38 bits per heavy atom. The minimum Gasteiger partial charge on any atom is -0.461 e. The third-order valence-corrected chi connectivity index (χ3v) is 4.94. The Morgan fingerprint density at radius 3 is 2.54 bits per heavy atom. The molecule has 1 aliphatic heterocycles. The number of hydrogen-bond acceptors (Lipinski definition) is 3. The fourth-order valence-electron chi connectivity index (χ4n) is 3.02. The Balaban J connectivity index is 1.55. The molecule has 2 heterocycles. The van der Waals surface area contributed by atoms with Gasteiger partial charge < -0.3 is 14.4 Å². The Hall–Kier alpha value is -1.76. The molecule has 1 saturated carbocycles. The lowest BCUT2D eigenvalue weighted by atomic mass is 9.91. The predicted molar refractivity (Wildman–Crippen MR) is 81.1 cm³/mol. The van der Waals surface area contributed by atoms with Crippen molar-refractivity contribution < 1.29 is 27.5 Å². The molecule has 1 aromatic heterocycles. The first-order valence-electron chi connectivity index (χ1n) is 8.05. The highest BCUT2D eigenvalue weighted by molar-refractivity contribution is 5.91. The molecule has 2 unspecified atom stereocenters. The lowest BCUT2D eigenvalue weighted by molar-refractivity contribution is -0.271. The van der Waals surface area contributed by atoms with Crippen LogP contribution in [0.4, 0.5) is 13.2 Å². The molecule has 24 heavy (non-hydrogen) atoms. The maximum Gasteiger partial charge on any atom is 0.417 e. The second-order valence-electron chi connectivity index (χ2n) is 6.75. The minimum absolute atomic E-state index is 0.123. The van der Waals surface area contributed by atoms with Gasteiger partial charge in [0.25, 0.3) is 0 Å². The number of aliphatic hydroxyl groups is 1. The summed E-state index contributed by atoms with van der Waals surface area (Å²) in [7, 11) is 0. The average molecular weight is 343 g/mol. The molecule has 1 saturated heterocycles. The molecular formula is C17H20F3NO3. The number of hydrogen-bond donors (Lipinski definition) is 1. The van der Waals surface area contributed by atoms with Crippen LogP contribution in [0.25, 0.3) is 6.08 Å². The summed E-state index contributed by atoms with van der Waals surface area (Å²) in [6, 6.07) is 3.67. The van der Waals surface area contributed by atoms with Crippen LogP contribution in [-0.2, 0) is 4.79 Å². The molecule has 1 amide bonds. The molecule has 0 radical (unpaired) electrons. The summed E-state index contributed by atoms with van der Waals surface area (Å²) in [5.41, 5.74) is -2.69. The number of alkyl halides is 3. The van der Waals surface area contributed by atoms with Gasteiger partial charge in [0.05, 0.1) is 0 Å². The molecule has 0 spiro atoms. The summed E-state index contributed by atoms with van der Waals surface area (Å²) in [6.07, 6.45) is -1.73. The Bertz CT molecular complexity index is 642. The summed E-state index contributed by atoms with van der Waals surface area (Å²) in [4.78, 5) is 13.4. The molecule has 2 fully saturated rings. The SMILES string of the molecule is CC1CC1c1ccc(/C=C/C(=O)N2CCC(O)(C(F)(F)F)CC2)o1. The van der Waals surface area contributed by atoms with Crippen molar-refractivity contribution in [3.05, 3.63) is 29.7 Å². The highest BCUT2D eigenvalue weighted by atomic mass is 19.4. The van der Waals surface area contributed by atoms with E-state index < -0.39 is 24.6 Å². The van der Waals surface area contributed by atoms with Gasteiger partial charge in [-0.2, -0.15) is 13.2 Å². The van der Waals surface area contributed by atoms with Crippen LogP contribution in [0.3, 0.4) is 0 Å². The van der Waals surface area contributed by atoms with Gasteiger partial charge in [0.1, 0.15) is 11.5 Å². The molecule has 2 atom stereocenters. The smallest absolute Gasteiger partial charge is 0.417 e. The summed E-state index contributed by atoms with van der Waals surface area (Å²) in [5.74, 6) is 2.15. The molecule has 3 rings (SSSR count). The lowest BCUT2D eigenvalue weighted by Crippen LogP contribution is -2.54. The number of nitrogens with zero attached hydrogens (tertiary/aromatic N) is 1. The van der Waals surface area contributed by atoms with E-state index in [1.807, 2.05) is 6.07 Å². The minimum atomic E-state index is -4.66. The average Bonchev–Trinajstić information content (AvgIpc) is 3.06. The maximum absolute atomic E-state index is 12.7. The van der Waals surface area contributed by atoms with Crippen LogP contribution in [0.5, 0.6) is 0 Å². The highest BCUT2D eigenvalue weighted by Gasteiger charge is 2.54. The standard InChI is InChI=1S/C17H20F3NO3/c1-11-10-13(11)14-4-2-12(24-14)3-5-15(22)21-8-6-16(23,7-9-21)17(18,19)20/h2-5,11,13,23H,6-10H2,1H3/b5-3+. The van der Waals surface area contributed by atoms with Crippen molar-refractivity contribution in [1.82, 2.24) is 4.90 Å². The van der Waals surface area contributed by atoms with Gasteiger partial charge in [-0.15, -0.1) is 0 Å². The van der Waals surface area contributed by atoms with E-state index in [1.165, 1.54) is 17.1 Å². The number of carbonyl (C=O) groups is 1. The summed E-state index contributed by atoms with van der Waals surface area (Å²) in [6.45, 7) is 1.90. The van der Waals surface area contributed by atoms with E-state index >= 15 is 0 Å². The van der Waals surface area contributed by atoms with Gasteiger partial charge in [0.2, 0.25) is 5.91 Å². The van der Waals surface area contributed by atoms with E-state index in [0.29, 0.717) is 17.6 Å². The number of halogens is 3. The number of furan rings is 1. The monoisotopic (exact) mass is 343 g/mol. The van der Waals surface area contributed by atoms with Crippen molar-refractivity contribution in [2.45, 2.75) is 43.9 Å². The van der Waals surface area contributed by atoms with Gasteiger partial charge >= 0.3 is 6.18 Å². The second kappa shape index (κ2) is 5.95. The van der Waals surface area contributed by atoms with Gasteiger partial charge in [-0.1, -0.05) is 6.92 Å². The fraction of sp³-hybridized carbons (Fsp3) is 0.588. The molecule has 1 aromatic rings. The normalized spacial score (nSPS) is 26.8. The van der Waals surface area contributed by atoms with Gasteiger partial charge in [-0.25, -0.2) is 0 Å². The summed E-state index contributed by atoms with van der Waals surface area (Å²) >= 11 is 0. The molecule has 4 nitrogen and oxygen atoms in total. The molecule has 132 valence electrons. The largest absolute Gasteiger partial charge is 0.461 e. The fourth-order valence-corrected chi connectivity index (χ4v) is 3.02. The first-order chi connectivity index (χ1) is 11.2. The maximum atomic E-state index is 12.7. The molecular weight excluding hydrogens is 323 g/mol. The van der Waals surface area contributed by atoms with Crippen LogP contribution in [0, 0.1) is 5.92 Å². The second-order valence-corrected chi connectivity index (χ2v) is 6.75. The van der Waals surface area contributed by atoms with Gasteiger partial charge in [-0.05, 0) is 30.5 Å². The number of carbonyl (C=O) groups excluding carboxylic acids is 1. The first kappa shape index (κ1) is 17.1. The zero-order valence-corrected chi connectivity index (χ0v) is 13.3. The van der Waals surface area contributed by atoms with Crippen LogP contribution in [0.15, 0.2) is 22.6 Å². The van der Waals surface area contributed by atoms with Crippen molar-refractivity contribution >= 4 is 12.0 Å². The predicted octanol–water partition coefficient (Wildman–Crippen LogP) is 3.33. The van der Waals surface area contributed by atoms with E-state index in [9.17, 15) is 23.1 Å². The Kier molecular flexibility index (Phi) is 4.23. The van der Waals surface area contributed by atoms with Crippen LogP contribution in [0.2, 0.25) is 0 Å². The number of piperidine rings is 1. The van der Waals surface area contributed by atoms with E-state index in [1.54, 1.807) is 6.07 Å². The van der Waals surface area contributed by atoms with E-state index in [2.05, 4.69) is 6.92 Å². The number of amides is 1. The summed E-state index contributed by atoms with van der Waals surface area (Å²) in [5, 5.41) is 9.60. The molecule has 7 heteroatoms. The first-order valence-corrected chi connectivity index (χ1v) is 8.05. The van der Waals surface area contributed by atoms with Crippen LogP contribution < -0.4 is 0 Å². The van der Waals surface area contributed by atoms with Gasteiger partial charge in [0, 0.05) is 37.9 Å². The Morgan fingerprint density at radius 2 is 2.00 bits per heavy atom. The van der Waals surface area contributed by atoms with Crippen molar-refractivity contribution in [1.29, 1.82) is 0 Å². The van der Waals surface area contributed by atoms with Gasteiger partial charge in [0.15, 0.2) is 5.60 Å². The van der Waals surface area contributed by atoms with Crippen molar-refractivity contribution in [2.75, 3.05) is 13.1 Å². The van der Waals surface area contributed by atoms with Gasteiger partial charge in [-0.3, -0.25) is 4.79 Å². The summed E-state index contributed by atoms with van der Waals surface area (Å²) < 4.78 is 43.9. The zero-order chi connectivity index (χ0) is 17.5. The lowest BCUT2D eigenvalue weighted by Gasteiger charge is -2.38. The van der Waals surface area contributed by atoms with Crippen molar-refractivity contribution in [3.8, 4) is 0 Å². The third kappa shape index (κ3) is 3.36. The molecule has 0 aromatic carbocycles. The quantitative estimate of drug-likeness (QED) is 0.857. The third-order valence-electron chi connectivity index (χ3n) is 4.94. The molecule has 0 bridgehead atoms. The molecule has 1 aliphatic carbocycles. The van der Waals surface area contributed by atoms with Crippen molar-refractivity contribution in [3.63, 3.8) is 0 Å².